The van der Waals surface area contributed by atoms with Gasteiger partial charge in [0, 0.05) is 11.8 Å². The van der Waals surface area contributed by atoms with Crippen LogP contribution in [0, 0.1) is 23.2 Å². The van der Waals surface area contributed by atoms with Crippen LogP contribution in [0.1, 0.15) is 20.3 Å². The fraction of sp³-hybridized carbons (Fsp3) is 0.667. The van der Waals surface area contributed by atoms with Crippen LogP contribution in [-0.2, 0) is 9.59 Å². The van der Waals surface area contributed by atoms with Crippen LogP contribution in [0.5, 0.6) is 0 Å². The maximum absolute atomic E-state index is 13.2. The highest BCUT2D eigenvalue weighted by atomic mass is 19.4. The van der Waals surface area contributed by atoms with Crippen molar-refractivity contribution in [3.05, 3.63) is 12.2 Å². The van der Waals surface area contributed by atoms with E-state index >= 15 is 0 Å². The van der Waals surface area contributed by atoms with Crippen LogP contribution in [0.2, 0.25) is 0 Å². The van der Waals surface area contributed by atoms with Crippen molar-refractivity contribution < 1.29 is 22.8 Å². The van der Waals surface area contributed by atoms with Crippen LogP contribution in [0.25, 0.3) is 0 Å². The number of hydrogen-bond acceptors (Lipinski definition) is 2. The number of fused-ring (bicyclic) bond motifs is 2. The Bertz CT molecular complexity index is 410. The summed E-state index contributed by atoms with van der Waals surface area (Å²) in [6.45, 7) is 2.27. The molecule has 0 radical (unpaired) electrons. The zero-order valence-electron chi connectivity index (χ0n) is 9.54. The molecule has 0 N–H and O–H groups in total. The highest BCUT2D eigenvalue weighted by molar-refractivity contribution is 5.88. The van der Waals surface area contributed by atoms with Gasteiger partial charge < -0.3 is 0 Å². The lowest BCUT2D eigenvalue weighted by molar-refractivity contribution is -0.227. The summed E-state index contributed by atoms with van der Waals surface area (Å²) in [6.07, 6.45) is -1.83. The molecule has 2 nitrogen and oxygen atoms in total. The van der Waals surface area contributed by atoms with Gasteiger partial charge in [-0.25, -0.2) is 0 Å². The second kappa shape index (κ2) is 3.43. The number of Topliss-reactive ketones (excluding diaryl/α,β-unsaturated/α-hetero) is 2. The van der Waals surface area contributed by atoms with Gasteiger partial charge in [0.15, 0.2) is 0 Å². The Hall–Kier alpha value is -1.13. The van der Waals surface area contributed by atoms with Gasteiger partial charge in [-0.2, -0.15) is 13.2 Å². The smallest absolute Gasteiger partial charge is 0.300 e. The Kier molecular flexibility index (Phi) is 2.49. The SMILES string of the molecule is CC(=O)C1C2C=CC1C(C(C)=O)(C(F)(F)F)C2. The van der Waals surface area contributed by atoms with E-state index in [1.807, 2.05) is 0 Å². The first kappa shape index (κ1) is 12.3. The van der Waals surface area contributed by atoms with Gasteiger partial charge in [-0.3, -0.25) is 9.59 Å². The Labute approximate surface area is 96.9 Å². The van der Waals surface area contributed by atoms with E-state index in [9.17, 15) is 22.8 Å². The number of carbonyl (C=O) groups excluding carboxylic acids is 2. The minimum absolute atomic E-state index is 0.266. The van der Waals surface area contributed by atoms with Crippen LogP contribution in [0.3, 0.4) is 0 Å². The molecule has 2 aliphatic rings. The lowest BCUT2D eigenvalue weighted by Gasteiger charge is -2.35. The number of alkyl halides is 3. The molecule has 0 aromatic rings. The average Bonchev–Trinajstić information content (AvgIpc) is 2.70. The maximum Gasteiger partial charge on any atom is 0.401 e. The Morgan fingerprint density at radius 1 is 1.24 bits per heavy atom. The number of allylic oxidation sites excluding steroid dienone is 2. The largest absolute Gasteiger partial charge is 0.401 e. The molecule has 2 aliphatic carbocycles. The van der Waals surface area contributed by atoms with Gasteiger partial charge in [0.25, 0.3) is 0 Å². The van der Waals surface area contributed by atoms with Crippen LogP contribution >= 0.6 is 0 Å². The molecule has 0 aromatic carbocycles. The van der Waals surface area contributed by atoms with Gasteiger partial charge in [0.2, 0.25) is 0 Å². The zero-order valence-corrected chi connectivity index (χ0v) is 9.54. The third-order valence-electron chi connectivity index (χ3n) is 4.14. The van der Waals surface area contributed by atoms with Crippen LogP contribution in [0.15, 0.2) is 12.2 Å². The molecule has 0 aromatic heterocycles. The molecular formula is C12H13F3O2. The van der Waals surface area contributed by atoms with E-state index in [-0.39, 0.29) is 12.2 Å². The lowest BCUT2D eigenvalue weighted by atomic mass is 9.71. The van der Waals surface area contributed by atoms with Crippen molar-refractivity contribution in [3.63, 3.8) is 0 Å². The van der Waals surface area contributed by atoms with Crippen LogP contribution in [-0.4, -0.2) is 17.7 Å². The van der Waals surface area contributed by atoms with E-state index < -0.39 is 35.1 Å². The molecule has 4 atom stereocenters. The molecule has 5 heteroatoms. The standard InChI is InChI=1S/C12H13F3O2/c1-6(16)10-8-3-4-9(10)11(5-8,7(2)17)12(13,14)15/h3-4,8-10H,5H2,1-2H3. The molecule has 0 spiro atoms. The molecule has 1 saturated carbocycles. The predicted octanol–water partition coefficient (Wildman–Crippen LogP) is 2.54. The molecule has 17 heavy (non-hydrogen) atoms. The van der Waals surface area contributed by atoms with Gasteiger partial charge >= 0.3 is 6.18 Å². The van der Waals surface area contributed by atoms with Crippen molar-refractivity contribution in [2.45, 2.75) is 26.4 Å². The summed E-state index contributed by atoms with van der Waals surface area (Å²) >= 11 is 0. The number of ketones is 2. The van der Waals surface area contributed by atoms with Crippen LogP contribution in [0.4, 0.5) is 13.2 Å². The monoisotopic (exact) mass is 246 g/mol. The Balaban J connectivity index is 2.50. The highest BCUT2D eigenvalue weighted by Crippen LogP contribution is 2.62. The van der Waals surface area contributed by atoms with Crippen molar-refractivity contribution in [1.82, 2.24) is 0 Å². The number of carbonyl (C=O) groups is 2. The molecule has 1 fully saturated rings. The van der Waals surface area contributed by atoms with E-state index in [1.54, 1.807) is 6.08 Å². The van der Waals surface area contributed by atoms with Crippen molar-refractivity contribution in [2.24, 2.45) is 23.2 Å². The van der Waals surface area contributed by atoms with E-state index in [1.165, 1.54) is 13.0 Å². The van der Waals surface area contributed by atoms with Gasteiger partial charge in [0.1, 0.15) is 17.0 Å². The quantitative estimate of drug-likeness (QED) is 0.702. The molecular weight excluding hydrogens is 233 g/mol. The zero-order chi connectivity index (χ0) is 13.0. The van der Waals surface area contributed by atoms with Crippen molar-refractivity contribution in [2.75, 3.05) is 0 Å². The summed E-state index contributed by atoms with van der Waals surface area (Å²) in [5.41, 5.74) is -2.34. The van der Waals surface area contributed by atoms with Crippen molar-refractivity contribution >= 4 is 11.6 Å². The summed E-state index contributed by atoms with van der Waals surface area (Å²) in [5, 5.41) is 0. The predicted molar refractivity (Wildman–Crippen MR) is 54.1 cm³/mol. The summed E-state index contributed by atoms with van der Waals surface area (Å²) in [6, 6.07) is 0. The normalized spacial score (nSPS) is 39.7. The summed E-state index contributed by atoms with van der Waals surface area (Å²) in [4.78, 5) is 22.9. The highest BCUT2D eigenvalue weighted by Gasteiger charge is 2.70. The molecule has 0 amide bonds. The first-order chi connectivity index (χ1) is 7.72. The molecule has 94 valence electrons. The molecule has 0 saturated heterocycles. The summed E-state index contributed by atoms with van der Waals surface area (Å²) < 4.78 is 39.6. The van der Waals surface area contributed by atoms with Crippen molar-refractivity contribution in [1.29, 1.82) is 0 Å². The lowest BCUT2D eigenvalue weighted by Crippen LogP contribution is -2.48. The second-order valence-electron chi connectivity index (χ2n) is 4.94. The van der Waals surface area contributed by atoms with E-state index in [0.29, 0.717) is 0 Å². The van der Waals surface area contributed by atoms with Crippen LogP contribution < -0.4 is 0 Å². The molecule has 4 unspecified atom stereocenters. The number of rotatable bonds is 2. The maximum atomic E-state index is 13.2. The fourth-order valence-electron chi connectivity index (χ4n) is 3.38. The third kappa shape index (κ3) is 1.40. The first-order valence-corrected chi connectivity index (χ1v) is 5.48. The first-order valence-electron chi connectivity index (χ1n) is 5.48. The Morgan fingerprint density at radius 3 is 2.12 bits per heavy atom. The fourth-order valence-corrected chi connectivity index (χ4v) is 3.38. The van der Waals surface area contributed by atoms with Gasteiger partial charge in [-0.1, -0.05) is 12.2 Å². The van der Waals surface area contributed by atoms with E-state index in [0.717, 1.165) is 6.92 Å². The minimum Gasteiger partial charge on any atom is -0.300 e. The Morgan fingerprint density at radius 2 is 1.82 bits per heavy atom. The number of hydrogen-bond donors (Lipinski definition) is 0. The third-order valence-corrected chi connectivity index (χ3v) is 4.14. The summed E-state index contributed by atoms with van der Waals surface area (Å²) in [7, 11) is 0. The molecule has 2 rings (SSSR count). The average molecular weight is 246 g/mol. The number of halogens is 3. The second-order valence-corrected chi connectivity index (χ2v) is 4.94. The molecule has 0 aliphatic heterocycles. The van der Waals surface area contributed by atoms with Gasteiger partial charge in [0.05, 0.1) is 0 Å². The molecule has 0 heterocycles. The minimum atomic E-state index is -4.59. The van der Waals surface area contributed by atoms with Gasteiger partial charge in [-0.15, -0.1) is 0 Å². The summed E-state index contributed by atoms with van der Waals surface area (Å²) in [5.74, 6) is -3.28. The van der Waals surface area contributed by atoms with E-state index in [4.69, 9.17) is 0 Å². The van der Waals surface area contributed by atoms with Gasteiger partial charge in [-0.05, 0) is 26.2 Å². The topological polar surface area (TPSA) is 34.1 Å². The van der Waals surface area contributed by atoms with Crippen molar-refractivity contribution in [3.8, 4) is 0 Å². The van der Waals surface area contributed by atoms with E-state index in [2.05, 4.69) is 0 Å². The molecule has 2 bridgehead atoms.